The van der Waals surface area contributed by atoms with Crippen molar-refractivity contribution >= 4 is 0 Å². The summed E-state index contributed by atoms with van der Waals surface area (Å²) in [7, 11) is 0. The Hall–Kier alpha value is -1.16. The van der Waals surface area contributed by atoms with E-state index >= 15 is 0 Å². The monoisotopic (exact) mass is 179 g/mol. The van der Waals surface area contributed by atoms with E-state index in [4.69, 9.17) is 0 Å². The molecule has 0 atom stereocenters. The maximum Gasteiger partial charge on any atom is 0.270 e. The van der Waals surface area contributed by atoms with Gasteiger partial charge in [0, 0.05) is 18.7 Å². The van der Waals surface area contributed by atoms with E-state index in [1.807, 2.05) is 6.92 Å². The van der Waals surface area contributed by atoms with E-state index in [1.54, 1.807) is 6.20 Å². The van der Waals surface area contributed by atoms with Gasteiger partial charge in [-0.2, -0.15) is 5.10 Å². The Morgan fingerprint density at radius 2 is 2.54 bits per heavy atom. The molecule has 1 aliphatic heterocycles. The average molecular weight is 179 g/mol. The third kappa shape index (κ3) is 1.37. The largest absolute Gasteiger partial charge is 0.312 e. The summed E-state index contributed by atoms with van der Waals surface area (Å²) >= 11 is 0. The number of hydrogen-bond donors (Lipinski definition) is 1. The molecule has 4 nitrogen and oxygen atoms in total. The Kier molecular flexibility index (Phi) is 2.14. The molecular weight excluding hydrogens is 166 g/mol. The van der Waals surface area contributed by atoms with Crippen LogP contribution in [0.5, 0.6) is 0 Å². The second-order valence-electron chi connectivity index (χ2n) is 3.20. The minimum absolute atomic E-state index is 0.0847. The summed E-state index contributed by atoms with van der Waals surface area (Å²) in [4.78, 5) is 11.7. The van der Waals surface area contributed by atoms with E-state index in [-0.39, 0.29) is 5.56 Å². The van der Waals surface area contributed by atoms with E-state index in [1.165, 1.54) is 4.68 Å². The molecule has 0 amide bonds. The predicted octanol–water partition coefficient (Wildman–Crippen LogP) is -0.0911. The highest BCUT2D eigenvalue weighted by atomic mass is 16.1. The summed E-state index contributed by atoms with van der Waals surface area (Å²) in [6, 6.07) is 0. The third-order valence-electron chi connectivity index (χ3n) is 2.40. The maximum absolute atomic E-state index is 11.7. The van der Waals surface area contributed by atoms with Crippen LogP contribution < -0.4 is 10.9 Å². The van der Waals surface area contributed by atoms with E-state index in [0.29, 0.717) is 6.54 Å². The van der Waals surface area contributed by atoms with Crippen LogP contribution in [-0.4, -0.2) is 16.3 Å². The Morgan fingerprint density at radius 1 is 1.69 bits per heavy atom. The molecule has 2 heterocycles. The lowest BCUT2D eigenvalue weighted by molar-refractivity contribution is 0.567. The summed E-state index contributed by atoms with van der Waals surface area (Å²) in [6.45, 7) is 4.26. The Balaban J connectivity index is 2.55. The Labute approximate surface area is 76.6 Å². The van der Waals surface area contributed by atoms with Crippen molar-refractivity contribution in [3.8, 4) is 0 Å². The van der Waals surface area contributed by atoms with Crippen molar-refractivity contribution in [1.82, 2.24) is 15.1 Å². The molecule has 0 unspecified atom stereocenters. The zero-order chi connectivity index (χ0) is 9.26. The first-order chi connectivity index (χ1) is 6.33. The van der Waals surface area contributed by atoms with Gasteiger partial charge in [0.25, 0.3) is 5.56 Å². The summed E-state index contributed by atoms with van der Waals surface area (Å²) in [5.74, 6) is 0. The minimum atomic E-state index is 0.0847. The molecule has 1 aromatic rings. The molecule has 0 aliphatic carbocycles. The second-order valence-corrected chi connectivity index (χ2v) is 3.20. The van der Waals surface area contributed by atoms with E-state index in [0.717, 1.165) is 30.6 Å². The van der Waals surface area contributed by atoms with Gasteiger partial charge in [0.15, 0.2) is 0 Å². The number of nitrogens with zero attached hydrogens (tertiary/aromatic N) is 2. The molecule has 1 N–H and O–H groups in total. The van der Waals surface area contributed by atoms with Gasteiger partial charge in [-0.1, -0.05) is 0 Å². The van der Waals surface area contributed by atoms with Crippen molar-refractivity contribution in [2.24, 2.45) is 0 Å². The van der Waals surface area contributed by atoms with Crippen molar-refractivity contribution in [1.29, 1.82) is 0 Å². The first-order valence-corrected chi connectivity index (χ1v) is 4.61. The third-order valence-corrected chi connectivity index (χ3v) is 2.40. The summed E-state index contributed by atoms with van der Waals surface area (Å²) in [6.07, 6.45) is 2.63. The molecule has 0 aromatic carbocycles. The van der Waals surface area contributed by atoms with Crippen molar-refractivity contribution in [2.75, 3.05) is 6.54 Å². The van der Waals surface area contributed by atoms with E-state index < -0.39 is 0 Å². The molecule has 1 aliphatic rings. The molecule has 1 aromatic heterocycles. The van der Waals surface area contributed by atoms with Gasteiger partial charge in [-0.3, -0.25) is 4.79 Å². The zero-order valence-corrected chi connectivity index (χ0v) is 7.71. The number of fused-ring (bicyclic) bond motifs is 1. The van der Waals surface area contributed by atoms with E-state index in [2.05, 4.69) is 10.4 Å². The van der Waals surface area contributed by atoms with Gasteiger partial charge < -0.3 is 5.32 Å². The molecule has 70 valence electrons. The fraction of sp³-hybridized carbons (Fsp3) is 0.556. The highest BCUT2D eigenvalue weighted by Crippen LogP contribution is 2.06. The summed E-state index contributed by atoms with van der Waals surface area (Å²) in [5, 5.41) is 7.29. The average Bonchev–Trinajstić information content (AvgIpc) is 2.19. The number of aryl methyl sites for hydroxylation is 1. The van der Waals surface area contributed by atoms with Gasteiger partial charge in [-0.25, -0.2) is 4.68 Å². The quantitative estimate of drug-likeness (QED) is 0.655. The Morgan fingerprint density at radius 3 is 3.31 bits per heavy atom. The lowest BCUT2D eigenvalue weighted by atomic mass is 10.1. The maximum atomic E-state index is 11.7. The topological polar surface area (TPSA) is 46.9 Å². The minimum Gasteiger partial charge on any atom is -0.312 e. The van der Waals surface area contributed by atoms with Gasteiger partial charge in [0.2, 0.25) is 0 Å². The molecule has 0 spiro atoms. The van der Waals surface area contributed by atoms with Gasteiger partial charge >= 0.3 is 0 Å². The van der Waals surface area contributed by atoms with Gasteiger partial charge in [0.1, 0.15) is 0 Å². The van der Waals surface area contributed by atoms with Crippen LogP contribution in [0.3, 0.4) is 0 Å². The van der Waals surface area contributed by atoms with Gasteiger partial charge in [0.05, 0.1) is 6.20 Å². The molecular formula is C9H13N3O. The molecule has 0 saturated carbocycles. The van der Waals surface area contributed by atoms with Crippen LogP contribution in [0.4, 0.5) is 0 Å². The van der Waals surface area contributed by atoms with Crippen LogP contribution in [-0.2, 0) is 19.5 Å². The number of hydrogen-bond acceptors (Lipinski definition) is 3. The van der Waals surface area contributed by atoms with Crippen LogP contribution in [0.15, 0.2) is 11.0 Å². The van der Waals surface area contributed by atoms with Gasteiger partial charge in [-0.15, -0.1) is 0 Å². The smallest absolute Gasteiger partial charge is 0.270 e. The van der Waals surface area contributed by atoms with E-state index in [9.17, 15) is 4.79 Å². The van der Waals surface area contributed by atoms with Crippen molar-refractivity contribution in [3.63, 3.8) is 0 Å². The molecule has 2 rings (SSSR count). The number of nitrogens with one attached hydrogen (secondary N) is 1. The van der Waals surface area contributed by atoms with Crippen molar-refractivity contribution in [3.05, 3.63) is 27.7 Å². The zero-order valence-electron chi connectivity index (χ0n) is 7.71. The molecule has 4 heteroatoms. The van der Waals surface area contributed by atoms with Crippen LogP contribution in [0, 0.1) is 0 Å². The van der Waals surface area contributed by atoms with Gasteiger partial charge in [-0.05, 0) is 25.5 Å². The van der Waals surface area contributed by atoms with Crippen molar-refractivity contribution in [2.45, 2.75) is 26.4 Å². The first-order valence-electron chi connectivity index (χ1n) is 4.61. The normalized spacial score (nSPS) is 15.5. The number of aromatic nitrogens is 2. The molecule has 0 saturated heterocycles. The van der Waals surface area contributed by atoms with Crippen molar-refractivity contribution < 1.29 is 0 Å². The fourth-order valence-electron chi connectivity index (χ4n) is 1.64. The molecule has 0 radical (unpaired) electrons. The van der Waals surface area contributed by atoms with Crippen LogP contribution in [0.1, 0.15) is 18.1 Å². The fourth-order valence-corrected chi connectivity index (χ4v) is 1.64. The molecule has 0 fully saturated rings. The SMILES string of the molecule is CCn1ncc2c(c1=O)CCNC2. The van der Waals surface area contributed by atoms with Crippen LogP contribution >= 0.6 is 0 Å². The summed E-state index contributed by atoms with van der Waals surface area (Å²) in [5.41, 5.74) is 2.08. The first kappa shape index (κ1) is 8.44. The number of rotatable bonds is 1. The Bertz CT molecular complexity index is 370. The summed E-state index contributed by atoms with van der Waals surface area (Å²) < 4.78 is 1.52. The predicted molar refractivity (Wildman–Crippen MR) is 49.6 cm³/mol. The standard InChI is InChI=1S/C9H13N3O/c1-2-12-9(13)8-3-4-10-5-7(8)6-11-12/h6,10H,2-5H2,1H3. The second kappa shape index (κ2) is 3.30. The highest BCUT2D eigenvalue weighted by Gasteiger charge is 2.13. The van der Waals surface area contributed by atoms with Crippen LogP contribution in [0.25, 0.3) is 0 Å². The molecule has 13 heavy (non-hydrogen) atoms. The lowest BCUT2D eigenvalue weighted by Gasteiger charge is -2.16. The highest BCUT2D eigenvalue weighted by molar-refractivity contribution is 5.23. The molecule has 0 bridgehead atoms. The lowest BCUT2D eigenvalue weighted by Crippen LogP contribution is -2.34. The van der Waals surface area contributed by atoms with Crippen LogP contribution in [0.2, 0.25) is 0 Å².